The Morgan fingerprint density at radius 3 is 2.46 bits per heavy atom. The Morgan fingerprint density at radius 1 is 1.08 bits per heavy atom. The minimum Gasteiger partial charge on any atom is -0.131 e. The Balaban J connectivity index is 2.62. The van der Waals surface area contributed by atoms with E-state index in [-0.39, 0.29) is 15.1 Å². The van der Waals surface area contributed by atoms with E-state index in [1.807, 2.05) is 0 Å². The summed E-state index contributed by atoms with van der Waals surface area (Å²) in [5.41, 5.74) is 0.845. The third-order valence-electron chi connectivity index (χ3n) is 1.61. The van der Waals surface area contributed by atoms with E-state index in [0.29, 0.717) is 11.4 Å². The second kappa shape index (κ2) is 3.24. The number of rotatable bonds is 0. The summed E-state index contributed by atoms with van der Waals surface area (Å²) in [6, 6.07) is 0. The molecule has 0 N–H and O–H groups in total. The summed E-state index contributed by atoms with van der Waals surface area (Å²) in [6.07, 6.45) is 0. The van der Waals surface area contributed by atoms with Crippen LogP contribution in [0.5, 0.6) is 0 Å². The van der Waals surface area contributed by atoms with E-state index in [9.17, 15) is 0 Å². The monoisotopic (exact) mass is 255 g/mol. The maximum Gasteiger partial charge on any atom is 0.133 e. The van der Waals surface area contributed by atoms with E-state index >= 15 is 0 Å². The smallest absolute Gasteiger partial charge is 0.131 e. The molecule has 1 unspecified atom stereocenters. The molecule has 3 nitrogen and oxygen atoms in total. The Hall–Kier alpha value is -0.0900. The Kier molecular flexibility index (Phi) is 2.36. The van der Waals surface area contributed by atoms with Crippen molar-refractivity contribution < 1.29 is 0 Å². The van der Waals surface area contributed by atoms with Crippen LogP contribution in [0.25, 0.3) is 0 Å². The summed E-state index contributed by atoms with van der Waals surface area (Å²) >= 11 is 23.4. The molecule has 0 saturated carbocycles. The van der Waals surface area contributed by atoms with Crippen LogP contribution < -0.4 is 0 Å². The fraction of sp³-hybridized carbons (Fsp3) is 0.167. The van der Waals surface area contributed by atoms with Gasteiger partial charge in [-0.05, 0) is 5.22 Å². The molecule has 1 aliphatic carbocycles. The molecule has 0 aromatic carbocycles. The Labute approximate surface area is 93.7 Å². The largest absolute Gasteiger partial charge is 0.133 e. The molecule has 0 radical (unpaired) electrons. The minimum absolute atomic E-state index is 0.207. The number of halogens is 4. The third-order valence-corrected chi connectivity index (χ3v) is 3.51. The molecular weight excluding hydrogens is 256 g/mol. The number of hydrogen-bond acceptors (Lipinski definition) is 3. The Morgan fingerprint density at radius 2 is 1.77 bits per heavy atom. The Bertz CT molecular complexity index is 391. The van der Waals surface area contributed by atoms with Gasteiger partial charge in [0.15, 0.2) is 0 Å². The van der Waals surface area contributed by atoms with Crippen LogP contribution in [0, 0.1) is 0 Å². The van der Waals surface area contributed by atoms with Crippen LogP contribution in [0.1, 0.15) is 0 Å². The lowest BCUT2D eigenvalue weighted by Crippen LogP contribution is -2.20. The van der Waals surface area contributed by atoms with Crippen LogP contribution in [0.2, 0.25) is 0 Å². The van der Waals surface area contributed by atoms with Crippen molar-refractivity contribution in [2.45, 2.75) is 5.38 Å². The van der Waals surface area contributed by atoms with Gasteiger partial charge in [-0.25, -0.2) is 0 Å². The predicted molar refractivity (Wildman–Crippen MR) is 53.5 cm³/mol. The molecule has 7 heteroatoms. The molecule has 1 atom stereocenters. The van der Waals surface area contributed by atoms with E-state index in [1.54, 1.807) is 0 Å². The second-order valence-corrected chi connectivity index (χ2v) is 3.96. The van der Waals surface area contributed by atoms with Crippen molar-refractivity contribution in [3.05, 3.63) is 20.8 Å². The fourth-order valence-electron chi connectivity index (χ4n) is 0.981. The quantitative estimate of drug-likeness (QED) is 0.595. The van der Waals surface area contributed by atoms with E-state index < -0.39 is 5.38 Å². The number of hydrogen-bond donors (Lipinski definition) is 0. The first-order valence-electron chi connectivity index (χ1n) is 3.21. The summed E-state index contributed by atoms with van der Waals surface area (Å²) in [6.45, 7) is 0. The molecule has 68 valence electrons. The van der Waals surface area contributed by atoms with Gasteiger partial charge in [-0.2, -0.15) is 0 Å². The minimum atomic E-state index is -0.610. The first kappa shape index (κ1) is 9.46. The molecule has 0 spiro atoms. The van der Waals surface area contributed by atoms with Crippen molar-refractivity contribution in [3.63, 3.8) is 0 Å². The van der Waals surface area contributed by atoms with Crippen molar-refractivity contribution in [1.82, 2.24) is 0 Å². The molecule has 0 amide bonds. The van der Waals surface area contributed by atoms with E-state index in [0.717, 1.165) is 0 Å². The molecule has 0 fully saturated rings. The van der Waals surface area contributed by atoms with Gasteiger partial charge in [0, 0.05) is 0 Å². The average molecular weight is 257 g/mol. The zero-order valence-corrected chi connectivity index (χ0v) is 8.95. The van der Waals surface area contributed by atoms with Crippen molar-refractivity contribution in [2.24, 2.45) is 15.4 Å². The van der Waals surface area contributed by atoms with Crippen LogP contribution in [0.15, 0.2) is 36.2 Å². The second-order valence-electron chi connectivity index (χ2n) is 2.36. The van der Waals surface area contributed by atoms with E-state index in [4.69, 9.17) is 46.4 Å². The van der Waals surface area contributed by atoms with E-state index in [1.165, 1.54) is 0 Å². The van der Waals surface area contributed by atoms with Crippen LogP contribution in [-0.2, 0) is 0 Å². The van der Waals surface area contributed by atoms with Gasteiger partial charge in [0.1, 0.15) is 16.8 Å². The van der Waals surface area contributed by atoms with Gasteiger partial charge in [0.25, 0.3) is 0 Å². The number of allylic oxidation sites excluding steroid dienone is 4. The number of fused-ring (bicyclic) bond motifs is 1. The molecule has 2 aliphatic rings. The highest BCUT2D eigenvalue weighted by atomic mass is 35.5. The average Bonchev–Trinajstić information content (AvgIpc) is 2.59. The standard InChI is InChI=1S/C6HCl4N3/c7-1-2(8)4(10)6-5(3(1)9)11-13-12-6/h3H. The van der Waals surface area contributed by atoms with Crippen molar-refractivity contribution >= 4 is 52.1 Å². The summed E-state index contributed by atoms with van der Waals surface area (Å²) < 4.78 is 0. The summed E-state index contributed by atoms with van der Waals surface area (Å²) in [7, 11) is 0. The molecule has 0 bridgehead atoms. The molecule has 1 heterocycles. The van der Waals surface area contributed by atoms with Crippen molar-refractivity contribution in [3.8, 4) is 0 Å². The van der Waals surface area contributed by atoms with Crippen LogP contribution in [0.4, 0.5) is 0 Å². The van der Waals surface area contributed by atoms with Gasteiger partial charge in [-0.3, -0.25) is 0 Å². The van der Waals surface area contributed by atoms with Gasteiger partial charge >= 0.3 is 0 Å². The van der Waals surface area contributed by atoms with E-state index in [2.05, 4.69) is 15.4 Å². The highest BCUT2D eigenvalue weighted by molar-refractivity contribution is 6.55. The topological polar surface area (TPSA) is 37.1 Å². The van der Waals surface area contributed by atoms with Gasteiger partial charge in [-0.15, -0.1) is 21.8 Å². The molecule has 1 aliphatic heterocycles. The van der Waals surface area contributed by atoms with Gasteiger partial charge in [-0.1, -0.05) is 34.8 Å². The first-order valence-corrected chi connectivity index (χ1v) is 4.78. The van der Waals surface area contributed by atoms with Crippen molar-refractivity contribution in [1.29, 1.82) is 0 Å². The molecular formula is C6HCl4N3. The maximum absolute atomic E-state index is 5.91. The number of alkyl halides is 1. The van der Waals surface area contributed by atoms with Gasteiger partial charge in [0.05, 0.1) is 15.1 Å². The summed E-state index contributed by atoms with van der Waals surface area (Å²) in [4.78, 5) is 0. The summed E-state index contributed by atoms with van der Waals surface area (Å²) in [5.74, 6) is 0. The van der Waals surface area contributed by atoms with Crippen molar-refractivity contribution in [2.75, 3.05) is 0 Å². The van der Waals surface area contributed by atoms with Gasteiger partial charge in [0.2, 0.25) is 0 Å². The SMILES string of the molecule is ClC1=C2N=NN=C2C(Cl)C(Cl)=C1Cl. The van der Waals surface area contributed by atoms with Crippen LogP contribution in [0.3, 0.4) is 0 Å². The fourth-order valence-corrected chi connectivity index (χ4v) is 1.97. The maximum atomic E-state index is 5.91. The zero-order chi connectivity index (χ0) is 9.59. The lowest BCUT2D eigenvalue weighted by molar-refractivity contribution is 1.09. The molecule has 2 rings (SSSR count). The first-order chi connectivity index (χ1) is 6.13. The zero-order valence-electron chi connectivity index (χ0n) is 5.93. The van der Waals surface area contributed by atoms with Crippen LogP contribution in [-0.4, -0.2) is 11.1 Å². The highest BCUT2D eigenvalue weighted by Crippen LogP contribution is 2.40. The molecule has 0 aromatic rings. The molecule has 0 saturated heterocycles. The molecule has 13 heavy (non-hydrogen) atoms. The van der Waals surface area contributed by atoms with Crippen LogP contribution >= 0.6 is 46.4 Å². The molecule has 0 aromatic heterocycles. The lowest BCUT2D eigenvalue weighted by Gasteiger charge is -2.16. The van der Waals surface area contributed by atoms with Gasteiger partial charge < -0.3 is 0 Å². The third kappa shape index (κ3) is 1.31. The lowest BCUT2D eigenvalue weighted by atomic mass is 10.1. The normalized spacial score (nSPS) is 26.8. The number of nitrogens with zero attached hydrogens (tertiary/aromatic N) is 3. The summed E-state index contributed by atoms with van der Waals surface area (Å²) in [5, 5.41) is 10.9. The highest BCUT2D eigenvalue weighted by Gasteiger charge is 2.34. The predicted octanol–water partition coefficient (Wildman–Crippen LogP) is 3.57.